The molecule has 0 aromatic heterocycles. The van der Waals surface area contributed by atoms with E-state index < -0.39 is 0 Å². The van der Waals surface area contributed by atoms with Crippen LogP contribution in [0.2, 0.25) is 5.02 Å². The molecule has 0 radical (unpaired) electrons. The maximum Gasteiger partial charge on any atom is 0.323 e. The van der Waals surface area contributed by atoms with Crippen molar-refractivity contribution >= 4 is 34.7 Å². The van der Waals surface area contributed by atoms with Crippen LogP contribution in [0, 0.1) is 0 Å². The molecule has 20 heavy (non-hydrogen) atoms. The molecule has 0 spiro atoms. The van der Waals surface area contributed by atoms with E-state index in [-0.39, 0.29) is 6.03 Å². The summed E-state index contributed by atoms with van der Waals surface area (Å²) < 4.78 is 0. The van der Waals surface area contributed by atoms with Gasteiger partial charge in [0.15, 0.2) is 0 Å². The molecule has 0 saturated heterocycles. The van der Waals surface area contributed by atoms with Gasteiger partial charge in [-0.3, -0.25) is 0 Å². The number of amides is 2. The molecule has 1 aliphatic heterocycles. The van der Waals surface area contributed by atoms with E-state index in [0.29, 0.717) is 10.7 Å². The van der Waals surface area contributed by atoms with Crippen LogP contribution in [0.3, 0.4) is 0 Å². The molecule has 0 fully saturated rings. The highest BCUT2D eigenvalue weighted by Gasteiger charge is 2.11. The normalized spacial score (nSPS) is 12.4. The van der Waals surface area contributed by atoms with E-state index >= 15 is 0 Å². The molecule has 1 aliphatic rings. The van der Waals surface area contributed by atoms with Crippen LogP contribution >= 0.6 is 11.6 Å². The van der Waals surface area contributed by atoms with Crippen molar-refractivity contribution in [3.63, 3.8) is 0 Å². The number of fused-ring (bicyclic) bond motifs is 1. The third kappa shape index (κ3) is 2.86. The van der Waals surface area contributed by atoms with Gasteiger partial charge in [0.1, 0.15) is 0 Å². The van der Waals surface area contributed by atoms with E-state index in [0.717, 1.165) is 24.3 Å². The molecule has 1 heterocycles. The molecule has 0 aliphatic carbocycles. The zero-order chi connectivity index (χ0) is 13.9. The van der Waals surface area contributed by atoms with Gasteiger partial charge in [-0.15, -0.1) is 0 Å². The van der Waals surface area contributed by atoms with E-state index in [1.807, 2.05) is 18.2 Å². The van der Waals surface area contributed by atoms with Crippen molar-refractivity contribution in [1.82, 2.24) is 0 Å². The predicted octanol–water partition coefficient (Wildman–Crippen LogP) is 3.95. The van der Waals surface area contributed by atoms with Gasteiger partial charge in [0.05, 0.1) is 0 Å². The third-order valence-electron chi connectivity index (χ3n) is 3.17. The molecule has 0 saturated carbocycles. The van der Waals surface area contributed by atoms with Crippen LogP contribution in [0.15, 0.2) is 42.5 Å². The number of carbonyl (C=O) groups is 1. The Morgan fingerprint density at radius 2 is 1.75 bits per heavy atom. The first-order valence-electron chi connectivity index (χ1n) is 6.41. The standard InChI is InChI=1S/C15H14ClN3O/c16-11-1-3-12(4-2-11)18-15(20)19-13-5-6-14-10(9-13)7-8-17-14/h1-6,9,17H,7-8H2,(H2,18,19,20). The van der Waals surface area contributed by atoms with Gasteiger partial charge in [0.2, 0.25) is 0 Å². The Morgan fingerprint density at radius 3 is 2.55 bits per heavy atom. The van der Waals surface area contributed by atoms with Gasteiger partial charge in [-0.2, -0.15) is 0 Å². The smallest absolute Gasteiger partial charge is 0.323 e. The second-order valence-corrected chi connectivity index (χ2v) is 5.07. The Kier molecular flexibility index (Phi) is 3.48. The topological polar surface area (TPSA) is 53.2 Å². The number of urea groups is 1. The summed E-state index contributed by atoms with van der Waals surface area (Å²) >= 11 is 5.80. The zero-order valence-corrected chi connectivity index (χ0v) is 11.5. The molecule has 3 rings (SSSR count). The lowest BCUT2D eigenvalue weighted by Gasteiger charge is -2.09. The Bertz CT molecular complexity index is 640. The molecule has 3 N–H and O–H groups in total. The van der Waals surface area contributed by atoms with Gasteiger partial charge in [-0.25, -0.2) is 4.79 Å². The fraction of sp³-hybridized carbons (Fsp3) is 0.133. The zero-order valence-electron chi connectivity index (χ0n) is 10.7. The van der Waals surface area contributed by atoms with Crippen molar-refractivity contribution in [1.29, 1.82) is 0 Å². The van der Waals surface area contributed by atoms with E-state index in [2.05, 4.69) is 16.0 Å². The quantitative estimate of drug-likeness (QED) is 0.783. The Labute approximate surface area is 122 Å². The minimum absolute atomic E-state index is 0.266. The average molecular weight is 288 g/mol. The van der Waals surface area contributed by atoms with Crippen LogP contribution in [0.5, 0.6) is 0 Å². The van der Waals surface area contributed by atoms with Crippen molar-refractivity contribution in [2.24, 2.45) is 0 Å². The van der Waals surface area contributed by atoms with Crippen molar-refractivity contribution in [2.45, 2.75) is 6.42 Å². The predicted molar refractivity (Wildman–Crippen MR) is 82.7 cm³/mol. The highest BCUT2D eigenvalue weighted by atomic mass is 35.5. The van der Waals surface area contributed by atoms with Gasteiger partial charge >= 0.3 is 6.03 Å². The van der Waals surface area contributed by atoms with Gasteiger partial charge in [-0.1, -0.05) is 11.6 Å². The minimum Gasteiger partial charge on any atom is -0.384 e. The number of hydrogen-bond donors (Lipinski definition) is 3. The SMILES string of the molecule is O=C(Nc1ccc(Cl)cc1)Nc1ccc2c(c1)CCN2. The fourth-order valence-electron chi connectivity index (χ4n) is 2.21. The minimum atomic E-state index is -0.266. The fourth-order valence-corrected chi connectivity index (χ4v) is 2.34. The van der Waals surface area contributed by atoms with Crippen LogP contribution < -0.4 is 16.0 Å². The lowest BCUT2D eigenvalue weighted by atomic mass is 10.1. The second-order valence-electron chi connectivity index (χ2n) is 4.63. The number of anilines is 3. The monoisotopic (exact) mass is 287 g/mol. The third-order valence-corrected chi connectivity index (χ3v) is 3.43. The van der Waals surface area contributed by atoms with Gasteiger partial charge in [-0.05, 0) is 54.4 Å². The molecule has 0 bridgehead atoms. The lowest BCUT2D eigenvalue weighted by molar-refractivity contribution is 0.262. The first kappa shape index (κ1) is 12.8. The highest BCUT2D eigenvalue weighted by Crippen LogP contribution is 2.25. The average Bonchev–Trinajstić information content (AvgIpc) is 2.89. The molecule has 0 unspecified atom stereocenters. The number of halogens is 1. The van der Waals surface area contributed by atoms with Crippen LogP contribution in [-0.2, 0) is 6.42 Å². The van der Waals surface area contributed by atoms with Gasteiger partial charge in [0.25, 0.3) is 0 Å². The maximum atomic E-state index is 11.9. The highest BCUT2D eigenvalue weighted by molar-refractivity contribution is 6.30. The van der Waals surface area contributed by atoms with E-state index in [1.165, 1.54) is 5.56 Å². The maximum absolute atomic E-state index is 11.9. The summed E-state index contributed by atoms with van der Waals surface area (Å²) in [7, 11) is 0. The first-order chi connectivity index (χ1) is 9.70. The van der Waals surface area contributed by atoms with Crippen LogP contribution in [-0.4, -0.2) is 12.6 Å². The molecule has 4 nitrogen and oxygen atoms in total. The lowest BCUT2D eigenvalue weighted by Crippen LogP contribution is -2.19. The summed E-state index contributed by atoms with van der Waals surface area (Å²) in [4.78, 5) is 11.9. The molecule has 2 aromatic carbocycles. The summed E-state index contributed by atoms with van der Waals surface area (Å²) in [5.74, 6) is 0. The number of benzene rings is 2. The molecular formula is C15H14ClN3O. The molecule has 5 heteroatoms. The molecule has 102 valence electrons. The Balaban J connectivity index is 1.65. The molecule has 2 amide bonds. The van der Waals surface area contributed by atoms with E-state index in [9.17, 15) is 4.79 Å². The molecule has 2 aromatic rings. The number of hydrogen-bond acceptors (Lipinski definition) is 2. The summed E-state index contributed by atoms with van der Waals surface area (Å²) in [6.07, 6.45) is 0.990. The molecular weight excluding hydrogens is 274 g/mol. The Morgan fingerprint density at radius 1 is 1.05 bits per heavy atom. The van der Waals surface area contributed by atoms with Crippen molar-refractivity contribution in [2.75, 3.05) is 22.5 Å². The summed E-state index contributed by atoms with van der Waals surface area (Å²) in [6, 6.07) is 12.6. The summed E-state index contributed by atoms with van der Waals surface area (Å²) in [5.41, 5.74) is 3.87. The van der Waals surface area contributed by atoms with Gasteiger partial charge in [0, 0.05) is 28.6 Å². The van der Waals surface area contributed by atoms with Crippen LogP contribution in [0.1, 0.15) is 5.56 Å². The number of rotatable bonds is 2. The largest absolute Gasteiger partial charge is 0.384 e. The van der Waals surface area contributed by atoms with E-state index in [1.54, 1.807) is 24.3 Å². The van der Waals surface area contributed by atoms with Crippen molar-refractivity contribution < 1.29 is 4.79 Å². The van der Waals surface area contributed by atoms with Crippen LogP contribution in [0.25, 0.3) is 0 Å². The Hall–Kier alpha value is -2.20. The van der Waals surface area contributed by atoms with E-state index in [4.69, 9.17) is 11.6 Å². The number of nitrogens with one attached hydrogen (secondary N) is 3. The molecule has 0 atom stereocenters. The van der Waals surface area contributed by atoms with Crippen molar-refractivity contribution in [3.8, 4) is 0 Å². The summed E-state index contributed by atoms with van der Waals surface area (Å²) in [5, 5.41) is 9.51. The number of carbonyl (C=O) groups excluding carboxylic acids is 1. The first-order valence-corrected chi connectivity index (χ1v) is 6.79. The van der Waals surface area contributed by atoms with Crippen molar-refractivity contribution in [3.05, 3.63) is 53.1 Å². The van der Waals surface area contributed by atoms with Crippen LogP contribution in [0.4, 0.5) is 21.9 Å². The summed E-state index contributed by atoms with van der Waals surface area (Å²) in [6.45, 7) is 0.954. The second kappa shape index (κ2) is 5.43. The van der Waals surface area contributed by atoms with Gasteiger partial charge < -0.3 is 16.0 Å².